The van der Waals surface area contributed by atoms with E-state index in [9.17, 15) is 0 Å². The molecule has 0 aliphatic rings. The van der Waals surface area contributed by atoms with Crippen molar-refractivity contribution in [3.05, 3.63) is 53.9 Å². The summed E-state index contributed by atoms with van der Waals surface area (Å²) in [6, 6.07) is 12.1. The minimum absolute atomic E-state index is 0.679. The molecule has 2 aromatic rings. The summed E-state index contributed by atoms with van der Waals surface area (Å²) in [5, 5.41) is 3.18. The molecule has 0 saturated carbocycles. The van der Waals surface area contributed by atoms with E-state index in [0.717, 1.165) is 12.2 Å². The summed E-state index contributed by atoms with van der Waals surface area (Å²) in [5.41, 5.74) is 2.20. The number of nitrogens with zero attached hydrogens (tertiary/aromatic N) is 2. The molecule has 0 radical (unpaired) electrons. The lowest BCUT2D eigenvalue weighted by Crippen LogP contribution is -2.03. The van der Waals surface area contributed by atoms with Gasteiger partial charge in [-0.3, -0.25) is 0 Å². The predicted octanol–water partition coefficient (Wildman–Crippen LogP) is 2.40. The highest BCUT2D eigenvalue weighted by atomic mass is 15.1. The summed E-state index contributed by atoms with van der Waals surface area (Å²) in [7, 11) is 0. The number of hydrogen-bond donors (Lipinski definition) is 1. The molecule has 0 unspecified atom stereocenters. The molecular formula is C12H13N3. The zero-order valence-electron chi connectivity index (χ0n) is 8.64. The van der Waals surface area contributed by atoms with Crippen molar-refractivity contribution in [2.45, 2.75) is 13.5 Å². The van der Waals surface area contributed by atoms with Crippen LogP contribution in [0.2, 0.25) is 0 Å². The summed E-state index contributed by atoms with van der Waals surface area (Å²) in [6.07, 6.45) is 1.76. The SMILES string of the molecule is Cc1ccnc(NCc2ccccc2)n1. The van der Waals surface area contributed by atoms with Gasteiger partial charge in [-0.05, 0) is 18.6 Å². The normalized spacial score (nSPS) is 9.93. The summed E-state index contributed by atoms with van der Waals surface area (Å²) in [5.74, 6) is 0.679. The van der Waals surface area contributed by atoms with Crippen LogP contribution in [0.15, 0.2) is 42.6 Å². The first kappa shape index (κ1) is 9.65. The molecule has 0 aliphatic heterocycles. The number of nitrogens with one attached hydrogen (secondary N) is 1. The van der Waals surface area contributed by atoms with Crippen LogP contribution < -0.4 is 5.32 Å². The summed E-state index contributed by atoms with van der Waals surface area (Å²) < 4.78 is 0. The third-order valence-corrected chi connectivity index (χ3v) is 2.09. The Hall–Kier alpha value is -1.90. The Morgan fingerprint density at radius 1 is 1.13 bits per heavy atom. The number of rotatable bonds is 3. The Balaban J connectivity index is 1.99. The van der Waals surface area contributed by atoms with Crippen LogP contribution in [0.5, 0.6) is 0 Å². The molecule has 0 bridgehead atoms. The second-order valence-corrected chi connectivity index (χ2v) is 3.36. The topological polar surface area (TPSA) is 37.8 Å². The van der Waals surface area contributed by atoms with Crippen LogP contribution in [0.4, 0.5) is 5.95 Å². The van der Waals surface area contributed by atoms with Crippen LogP contribution in [-0.2, 0) is 6.54 Å². The number of anilines is 1. The van der Waals surface area contributed by atoms with E-state index in [1.54, 1.807) is 6.20 Å². The molecule has 0 aliphatic carbocycles. The number of aryl methyl sites for hydroxylation is 1. The minimum Gasteiger partial charge on any atom is -0.350 e. The molecule has 1 aromatic heterocycles. The first-order valence-corrected chi connectivity index (χ1v) is 4.92. The molecule has 2 rings (SSSR count). The van der Waals surface area contributed by atoms with E-state index in [2.05, 4.69) is 27.4 Å². The summed E-state index contributed by atoms with van der Waals surface area (Å²) >= 11 is 0. The van der Waals surface area contributed by atoms with Crippen molar-refractivity contribution in [3.63, 3.8) is 0 Å². The van der Waals surface area contributed by atoms with Crippen molar-refractivity contribution in [2.24, 2.45) is 0 Å². The largest absolute Gasteiger partial charge is 0.350 e. The Bertz CT molecular complexity index is 426. The minimum atomic E-state index is 0.679. The Kier molecular flexibility index (Phi) is 2.93. The van der Waals surface area contributed by atoms with E-state index in [0.29, 0.717) is 5.95 Å². The molecule has 3 heteroatoms. The van der Waals surface area contributed by atoms with Gasteiger partial charge < -0.3 is 5.32 Å². The molecule has 3 nitrogen and oxygen atoms in total. The van der Waals surface area contributed by atoms with Crippen LogP contribution in [0.1, 0.15) is 11.3 Å². The lowest BCUT2D eigenvalue weighted by Gasteiger charge is -2.04. The molecular weight excluding hydrogens is 186 g/mol. The highest BCUT2D eigenvalue weighted by Crippen LogP contribution is 2.03. The Morgan fingerprint density at radius 3 is 2.67 bits per heavy atom. The maximum atomic E-state index is 4.27. The highest BCUT2D eigenvalue weighted by Gasteiger charge is 1.95. The van der Waals surface area contributed by atoms with Crippen LogP contribution in [0, 0.1) is 6.92 Å². The molecule has 0 spiro atoms. The summed E-state index contributed by atoms with van der Waals surface area (Å²) in [4.78, 5) is 8.40. The van der Waals surface area contributed by atoms with Gasteiger partial charge in [-0.15, -0.1) is 0 Å². The Labute approximate surface area is 89.2 Å². The molecule has 15 heavy (non-hydrogen) atoms. The molecule has 76 valence electrons. The molecule has 1 heterocycles. The van der Waals surface area contributed by atoms with Crippen LogP contribution in [0.3, 0.4) is 0 Å². The Morgan fingerprint density at radius 2 is 1.93 bits per heavy atom. The van der Waals surface area contributed by atoms with Crippen molar-refractivity contribution in [3.8, 4) is 0 Å². The molecule has 1 aromatic carbocycles. The van der Waals surface area contributed by atoms with Crippen molar-refractivity contribution in [1.82, 2.24) is 9.97 Å². The number of aromatic nitrogens is 2. The molecule has 0 atom stereocenters. The van der Waals surface area contributed by atoms with Gasteiger partial charge in [0.2, 0.25) is 5.95 Å². The van der Waals surface area contributed by atoms with Crippen molar-refractivity contribution < 1.29 is 0 Å². The third-order valence-electron chi connectivity index (χ3n) is 2.09. The van der Waals surface area contributed by atoms with Crippen molar-refractivity contribution in [2.75, 3.05) is 5.32 Å². The van der Waals surface area contributed by atoms with Gasteiger partial charge in [0.1, 0.15) is 0 Å². The van der Waals surface area contributed by atoms with E-state index in [-0.39, 0.29) is 0 Å². The quantitative estimate of drug-likeness (QED) is 0.824. The average Bonchev–Trinajstić information content (AvgIpc) is 2.28. The van der Waals surface area contributed by atoms with Crippen LogP contribution in [0.25, 0.3) is 0 Å². The monoisotopic (exact) mass is 199 g/mol. The zero-order valence-corrected chi connectivity index (χ0v) is 8.64. The van der Waals surface area contributed by atoms with Gasteiger partial charge in [0, 0.05) is 18.4 Å². The van der Waals surface area contributed by atoms with Gasteiger partial charge in [-0.25, -0.2) is 9.97 Å². The van der Waals surface area contributed by atoms with E-state index in [1.807, 2.05) is 31.2 Å². The smallest absolute Gasteiger partial charge is 0.223 e. The molecule has 0 amide bonds. The predicted molar refractivity (Wildman–Crippen MR) is 60.5 cm³/mol. The van der Waals surface area contributed by atoms with E-state index < -0.39 is 0 Å². The third kappa shape index (κ3) is 2.77. The second-order valence-electron chi connectivity index (χ2n) is 3.36. The van der Waals surface area contributed by atoms with Crippen LogP contribution in [-0.4, -0.2) is 9.97 Å². The first-order valence-electron chi connectivity index (χ1n) is 4.92. The molecule has 0 fully saturated rings. The van der Waals surface area contributed by atoms with Gasteiger partial charge in [-0.2, -0.15) is 0 Å². The van der Waals surface area contributed by atoms with E-state index >= 15 is 0 Å². The lowest BCUT2D eigenvalue weighted by atomic mass is 10.2. The van der Waals surface area contributed by atoms with Crippen LogP contribution >= 0.6 is 0 Å². The number of benzene rings is 1. The van der Waals surface area contributed by atoms with Gasteiger partial charge in [0.15, 0.2) is 0 Å². The average molecular weight is 199 g/mol. The van der Waals surface area contributed by atoms with E-state index in [4.69, 9.17) is 0 Å². The van der Waals surface area contributed by atoms with Crippen molar-refractivity contribution >= 4 is 5.95 Å². The maximum absolute atomic E-state index is 4.27. The molecule has 0 saturated heterocycles. The van der Waals surface area contributed by atoms with Gasteiger partial charge in [-0.1, -0.05) is 30.3 Å². The van der Waals surface area contributed by atoms with Gasteiger partial charge >= 0.3 is 0 Å². The second kappa shape index (κ2) is 4.55. The standard InChI is InChI=1S/C12H13N3/c1-10-7-8-13-12(15-10)14-9-11-5-3-2-4-6-11/h2-8H,9H2,1H3,(H,13,14,15). The first-order chi connectivity index (χ1) is 7.34. The van der Waals surface area contributed by atoms with Gasteiger partial charge in [0.25, 0.3) is 0 Å². The highest BCUT2D eigenvalue weighted by molar-refractivity contribution is 5.27. The van der Waals surface area contributed by atoms with Gasteiger partial charge in [0.05, 0.1) is 0 Å². The fourth-order valence-corrected chi connectivity index (χ4v) is 1.31. The fourth-order valence-electron chi connectivity index (χ4n) is 1.31. The fraction of sp³-hybridized carbons (Fsp3) is 0.167. The van der Waals surface area contributed by atoms with E-state index in [1.165, 1.54) is 5.56 Å². The maximum Gasteiger partial charge on any atom is 0.223 e. The number of hydrogen-bond acceptors (Lipinski definition) is 3. The zero-order chi connectivity index (χ0) is 10.5. The summed E-state index contributed by atoms with van der Waals surface area (Å²) in [6.45, 7) is 2.71. The lowest BCUT2D eigenvalue weighted by molar-refractivity contribution is 1.03. The molecule has 1 N–H and O–H groups in total. The van der Waals surface area contributed by atoms with Crippen molar-refractivity contribution in [1.29, 1.82) is 0 Å².